The molecule has 1 aliphatic heterocycles. The van der Waals surface area contributed by atoms with Gasteiger partial charge in [-0.25, -0.2) is 0 Å². The highest BCUT2D eigenvalue weighted by Crippen LogP contribution is 2.60. The van der Waals surface area contributed by atoms with E-state index in [0.29, 0.717) is 36.1 Å². The van der Waals surface area contributed by atoms with Crippen molar-refractivity contribution in [3.05, 3.63) is 89.5 Å². The molecule has 1 heterocycles. The third-order valence-electron chi connectivity index (χ3n) is 12.8. The Balaban J connectivity index is 1.29. The van der Waals surface area contributed by atoms with Gasteiger partial charge < -0.3 is 40.1 Å². The Morgan fingerprint density at radius 1 is 1.02 bits per heavy atom. The van der Waals surface area contributed by atoms with E-state index >= 15 is 0 Å². The maximum atomic E-state index is 14.3. The number of amides is 2. The monoisotopic (exact) mass is 797 g/mol. The lowest BCUT2D eigenvalue weighted by molar-refractivity contribution is -0.182. The van der Waals surface area contributed by atoms with E-state index in [-0.39, 0.29) is 42.5 Å². The summed E-state index contributed by atoms with van der Waals surface area (Å²) in [6, 6.07) is 18.1. The van der Waals surface area contributed by atoms with Crippen LogP contribution in [-0.4, -0.2) is 118 Å². The smallest absolute Gasteiger partial charge is 0.251 e. The van der Waals surface area contributed by atoms with Crippen LogP contribution in [0.15, 0.2) is 72.8 Å². The van der Waals surface area contributed by atoms with Crippen LogP contribution >= 0.6 is 0 Å². The highest BCUT2D eigenvalue weighted by Gasteiger charge is 2.56. The molecule has 0 aromatic heterocycles. The number of methoxy groups -OCH3 is 2. The number of carbonyl (C=O) groups is 2. The summed E-state index contributed by atoms with van der Waals surface area (Å²) in [6.45, 7) is 11.0. The first kappa shape index (κ1) is 43.1. The standard InChI is InChI=1S/C46H63N5O7/c1-27-37-22-33(46(37,3)4)23-38(27)48-45(55)42-41(28(2)53)40(26-52)58-51(42)24-30-15-13-16-36(43(30)57-10)31-18-32(21-35(20-31)50(7)8)44(54)47-34(25-49(5)6)19-29-14-11-12-17-39(29)56-9/h11-18,20-21,28,33-34,37-38,40-42,52-53H,1,19,22-26H2,2-10H3,(H,47,54)(H,48,55)/t28-,33+,34-,37-,38-,40-,41+,42-/m0/s1. The number of rotatable bonds is 16. The van der Waals surface area contributed by atoms with E-state index < -0.39 is 24.2 Å². The average Bonchev–Trinajstić information content (AvgIpc) is 3.56. The van der Waals surface area contributed by atoms with Crippen LogP contribution in [0.25, 0.3) is 11.1 Å². The molecular formula is C46H63N5O7. The van der Waals surface area contributed by atoms with Gasteiger partial charge in [0.2, 0.25) is 5.91 Å². The molecule has 2 bridgehead atoms. The molecule has 3 aliphatic carbocycles. The van der Waals surface area contributed by atoms with Crippen molar-refractivity contribution in [3.8, 4) is 22.6 Å². The zero-order valence-corrected chi connectivity index (χ0v) is 35.6. The number of aliphatic hydroxyl groups excluding tert-OH is 2. The highest BCUT2D eigenvalue weighted by atomic mass is 16.7. The number of hydroxylamine groups is 2. The molecule has 1 saturated heterocycles. The second-order valence-electron chi connectivity index (χ2n) is 17.5. The van der Waals surface area contributed by atoms with E-state index in [9.17, 15) is 19.8 Å². The van der Waals surface area contributed by atoms with E-state index in [1.54, 1.807) is 26.2 Å². The van der Waals surface area contributed by atoms with Crippen molar-refractivity contribution < 1.29 is 34.1 Å². The van der Waals surface area contributed by atoms with Gasteiger partial charge in [-0.15, -0.1) is 0 Å². The lowest BCUT2D eigenvalue weighted by Crippen LogP contribution is -2.59. The minimum atomic E-state index is -0.932. The topological polar surface area (TPSA) is 136 Å². The molecule has 0 radical (unpaired) electrons. The molecule has 4 N–H and O–H groups in total. The first-order valence-corrected chi connectivity index (χ1v) is 20.3. The van der Waals surface area contributed by atoms with Gasteiger partial charge >= 0.3 is 0 Å². The molecular weight excluding hydrogens is 735 g/mol. The van der Waals surface area contributed by atoms with Crippen molar-refractivity contribution >= 4 is 17.5 Å². The lowest BCUT2D eigenvalue weighted by Gasteiger charge is -2.60. The van der Waals surface area contributed by atoms with Gasteiger partial charge in [-0.3, -0.25) is 14.4 Å². The van der Waals surface area contributed by atoms with Crippen LogP contribution in [-0.2, 0) is 22.6 Å². The first-order chi connectivity index (χ1) is 27.6. The zero-order chi connectivity index (χ0) is 42.1. The first-order valence-electron chi connectivity index (χ1n) is 20.3. The lowest BCUT2D eigenvalue weighted by atomic mass is 9.46. The van der Waals surface area contributed by atoms with Gasteiger partial charge in [0.15, 0.2) is 0 Å². The largest absolute Gasteiger partial charge is 0.496 e. The summed E-state index contributed by atoms with van der Waals surface area (Å²) in [5.41, 5.74) is 5.81. The molecule has 3 aromatic rings. The fraction of sp³-hybridized carbons (Fsp3) is 0.522. The van der Waals surface area contributed by atoms with E-state index in [1.807, 2.05) is 93.8 Å². The van der Waals surface area contributed by atoms with Gasteiger partial charge in [0.1, 0.15) is 23.6 Å². The second-order valence-corrected chi connectivity index (χ2v) is 17.5. The molecule has 4 fully saturated rings. The normalized spacial score (nSPS) is 24.8. The molecule has 3 saturated carbocycles. The van der Waals surface area contributed by atoms with Crippen LogP contribution < -0.4 is 25.0 Å². The number of ether oxygens (including phenoxy) is 2. The summed E-state index contributed by atoms with van der Waals surface area (Å²) in [5.74, 6) is 1.03. The molecule has 4 aliphatic rings. The van der Waals surface area contributed by atoms with Crippen molar-refractivity contribution in [1.82, 2.24) is 20.6 Å². The van der Waals surface area contributed by atoms with Crippen molar-refractivity contribution in [3.63, 3.8) is 0 Å². The molecule has 3 aromatic carbocycles. The number of anilines is 1. The molecule has 12 nitrogen and oxygen atoms in total. The predicted octanol–water partition coefficient (Wildman–Crippen LogP) is 4.92. The number of benzene rings is 3. The van der Waals surface area contributed by atoms with Gasteiger partial charge in [-0.1, -0.05) is 62.4 Å². The number of nitrogens with zero attached hydrogens (tertiary/aromatic N) is 3. The summed E-state index contributed by atoms with van der Waals surface area (Å²) >= 11 is 0. The van der Waals surface area contributed by atoms with Crippen LogP contribution in [0, 0.1) is 23.2 Å². The number of para-hydroxylation sites is 2. The number of hydrogen-bond acceptors (Lipinski definition) is 10. The summed E-state index contributed by atoms with van der Waals surface area (Å²) in [5, 5.41) is 29.5. The maximum absolute atomic E-state index is 14.3. The number of likely N-dealkylation sites (N-methyl/N-ethyl adjacent to an activating group) is 1. The Bertz CT molecular complexity index is 1960. The quantitative estimate of drug-likeness (QED) is 0.148. The van der Waals surface area contributed by atoms with Gasteiger partial charge in [0.25, 0.3) is 5.91 Å². The van der Waals surface area contributed by atoms with Crippen LogP contribution in [0.3, 0.4) is 0 Å². The number of carbonyl (C=O) groups excluding carboxylic acids is 2. The summed E-state index contributed by atoms with van der Waals surface area (Å²) in [4.78, 5) is 38.7. The molecule has 0 spiro atoms. The highest BCUT2D eigenvalue weighted by molar-refractivity contribution is 5.97. The Kier molecular flexibility index (Phi) is 13.2. The van der Waals surface area contributed by atoms with E-state index in [2.05, 4.69) is 36.0 Å². The number of nitrogens with one attached hydrogen (secondary N) is 2. The Morgan fingerprint density at radius 2 is 1.74 bits per heavy atom. The number of hydrogen-bond donors (Lipinski definition) is 4. The third kappa shape index (κ3) is 8.77. The SMILES string of the molecule is C=C1[C@@H](NC(=O)[C@@H]2[C@H]([C@H](C)O)[C@H](CO)ON2Cc2cccc(-c3cc(C(=O)N[C@@H](Cc4ccccc4OC)CN(C)C)cc(N(C)C)c3)c2OC)C[C@H]2C[C@@H]1C2(C)C. The zero-order valence-electron chi connectivity index (χ0n) is 35.6. The van der Waals surface area contributed by atoms with E-state index in [1.165, 1.54) is 0 Å². The van der Waals surface area contributed by atoms with Crippen LogP contribution in [0.4, 0.5) is 5.69 Å². The van der Waals surface area contributed by atoms with Gasteiger partial charge in [-0.2, -0.15) is 5.06 Å². The minimum Gasteiger partial charge on any atom is -0.496 e. The van der Waals surface area contributed by atoms with Crippen molar-refractivity contribution in [2.24, 2.45) is 23.2 Å². The molecule has 0 unspecified atom stereocenters. The van der Waals surface area contributed by atoms with Gasteiger partial charge in [0.05, 0.1) is 39.5 Å². The van der Waals surface area contributed by atoms with Crippen molar-refractivity contribution in [2.75, 3.05) is 60.5 Å². The average molecular weight is 798 g/mol. The number of aliphatic hydroxyl groups is 2. The fourth-order valence-electron chi connectivity index (χ4n) is 9.52. The van der Waals surface area contributed by atoms with Crippen LogP contribution in [0.2, 0.25) is 0 Å². The summed E-state index contributed by atoms with van der Waals surface area (Å²) in [7, 11) is 11.1. The summed E-state index contributed by atoms with van der Waals surface area (Å²) < 4.78 is 11.7. The maximum Gasteiger partial charge on any atom is 0.251 e. The van der Waals surface area contributed by atoms with Crippen molar-refractivity contribution in [2.45, 2.75) is 76.9 Å². The third-order valence-corrected chi connectivity index (χ3v) is 12.8. The molecule has 7 rings (SSSR count). The minimum absolute atomic E-state index is 0.134. The molecule has 314 valence electrons. The van der Waals surface area contributed by atoms with Crippen LogP contribution in [0.5, 0.6) is 11.5 Å². The Hall–Kier alpha value is -4.46. The molecule has 58 heavy (non-hydrogen) atoms. The van der Waals surface area contributed by atoms with E-state index in [0.717, 1.165) is 52.1 Å². The predicted molar refractivity (Wildman–Crippen MR) is 227 cm³/mol. The second kappa shape index (κ2) is 17.8. The Labute approximate surface area is 344 Å². The van der Waals surface area contributed by atoms with Crippen molar-refractivity contribution in [1.29, 1.82) is 0 Å². The van der Waals surface area contributed by atoms with E-state index in [4.69, 9.17) is 14.3 Å². The van der Waals surface area contributed by atoms with Gasteiger partial charge in [0, 0.05) is 55.0 Å². The molecule has 2 amide bonds. The Morgan fingerprint density at radius 3 is 2.36 bits per heavy atom. The number of fused-ring (bicyclic) bond motifs is 2. The van der Waals surface area contributed by atoms with Gasteiger partial charge in [-0.05, 0) is 92.9 Å². The van der Waals surface area contributed by atoms with Crippen LogP contribution in [0.1, 0.15) is 55.1 Å². The summed E-state index contributed by atoms with van der Waals surface area (Å²) in [6.07, 6.45) is 0.788. The molecule has 8 atom stereocenters. The fourth-order valence-corrected chi connectivity index (χ4v) is 9.52. The molecule has 12 heteroatoms.